The van der Waals surface area contributed by atoms with Crippen molar-refractivity contribution in [2.24, 2.45) is 0 Å². The molecule has 0 spiro atoms. The number of aliphatic hydroxyl groups is 1. The number of amides is 1. The lowest BCUT2D eigenvalue weighted by Crippen LogP contribution is -2.36. The van der Waals surface area contributed by atoms with Crippen molar-refractivity contribution in [3.05, 3.63) is 35.4 Å². The molecule has 1 aromatic rings. The summed E-state index contributed by atoms with van der Waals surface area (Å²) in [6.45, 7) is 0.0571. The summed E-state index contributed by atoms with van der Waals surface area (Å²) in [4.78, 5) is 22.0. The zero-order valence-electron chi connectivity index (χ0n) is 9.92. The molecule has 0 saturated carbocycles. The van der Waals surface area contributed by atoms with Gasteiger partial charge in [-0.05, 0) is 17.7 Å². The molecule has 1 amide bonds. The van der Waals surface area contributed by atoms with Gasteiger partial charge in [-0.3, -0.25) is 4.79 Å². The summed E-state index contributed by atoms with van der Waals surface area (Å²) in [6.07, 6.45) is -1.60. The van der Waals surface area contributed by atoms with Crippen molar-refractivity contribution >= 4 is 11.9 Å². The molecular weight excluding hydrogens is 238 g/mol. The molecule has 0 fully saturated rings. The highest BCUT2D eigenvalue weighted by molar-refractivity contribution is 5.94. The summed E-state index contributed by atoms with van der Waals surface area (Å²) in [5.74, 6) is -1.81. The van der Waals surface area contributed by atoms with Crippen molar-refractivity contribution in [2.45, 2.75) is 12.7 Å². The molecule has 0 bridgehead atoms. The average molecular weight is 253 g/mol. The standard InChI is InChI=1S/C12H15NO5/c1-18-7-8-3-2-4-9(5-8)11(15)13-6-10(14)12(16)17/h2-5,10,14H,6-7H2,1H3,(H,13,15)(H,16,17). The predicted molar refractivity (Wildman–Crippen MR) is 63.1 cm³/mol. The van der Waals surface area contributed by atoms with E-state index in [2.05, 4.69) is 5.32 Å². The van der Waals surface area contributed by atoms with E-state index in [-0.39, 0.29) is 6.54 Å². The van der Waals surface area contributed by atoms with Gasteiger partial charge in [0, 0.05) is 12.7 Å². The lowest BCUT2D eigenvalue weighted by molar-refractivity contribution is -0.146. The molecule has 1 rings (SSSR count). The summed E-state index contributed by atoms with van der Waals surface area (Å²) in [6, 6.07) is 6.76. The Morgan fingerprint density at radius 1 is 1.44 bits per heavy atom. The molecule has 0 aliphatic carbocycles. The minimum absolute atomic E-state index is 0.331. The van der Waals surface area contributed by atoms with Gasteiger partial charge in [0.2, 0.25) is 0 Å². The highest BCUT2D eigenvalue weighted by Gasteiger charge is 2.14. The lowest BCUT2D eigenvalue weighted by Gasteiger charge is -2.08. The van der Waals surface area contributed by atoms with Crippen molar-refractivity contribution in [1.29, 1.82) is 0 Å². The molecule has 6 heteroatoms. The molecule has 3 N–H and O–H groups in total. The summed E-state index contributed by atoms with van der Waals surface area (Å²) < 4.78 is 4.94. The van der Waals surface area contributed by atoms with E-state index in [0.717, 1.165) is 5.56 Å². The van der Waals surface area contributed by atoms with Crippen LogP contribution in [0.15, 0.2) is 24.3 Å². The van der Waals surface area contributed by atoms with Gasteiger partial charge >= 0.3 is 5.97 Å². The molecule has 1 atom stereocenters. The van der Waals surface area contributed by atoms with E-state index in [1.165, 1.54) is 0 Å². The number of carboxylic acid groups (broad SMARTS) is 1. The fourth-order valence-electron chi connectivity index (χ4n) is 1.35. The van der Waals surface area contributed by atoms with Crippen molar-refractivity contribution in [2.75, 3.05) is 13.7 Å². The van der Waals surface area contributed by atoms with Gasteiger partial charge in [-0.15, -0.1) is 0 Å². The summed E-state index contributed by atoms with van der Waals surface area (Å²) >= 11 is 0. The van der Waals surface area contributed by atoms with E-state index in [9.17, 15) is 9.59 Å². The van der Waals surface area contributed by atoms with Crippen LogP contribution in [-0.4, -0.2) is 41.8 Å². The molecule has 98 valence electrons. The van der Waals surface area contributed by atoms with Crippen LogP contribution < -0.4 is 5.32 Å². The van der Waals surface area contributed by atoms with Crippen molar-refractivity contribution in [1.82, 2.24) is 5.32 Å². The molecule has 0 aliphatic rings. The first kappa shape index (κ1) is 14.1. The van der Waals surface area contributed by atoms with Gasteiger partial charge in [0.05, 0.1) is 13.2 Å². The number of aliphatic hydroxyl groups excluding tert-OH is 1. The van der Waals surface area contributed by atoms with Gasteiger partial charge in [0.15, 0.2) is 6.10 Å². The second-order valence-corrected chi connectivity index (χ2v) is 3.70. The number of methoxy groups -OCH3 is 1. The van der Waals surface area contributed by atoms with Crippen LogP contribution in [0.3, 0.4) is 0 Å². The van der Waals surface area contributed by atoms with E-state index >= 15 is 0 Å². The number of rotatable bonds is 6. The van der Waals surface area contributed by atoms with Crippen molar-refractivity contribution < 1.29 is 24.5 Å². The Morgan fingerprint density at radius 2 is 2.17 bits per heavy atom. The minimum atomic E-state index is -1.60. The van der Waals surface area contributed by atoms with Gasteiger partial charge in [-0.1, -0.05) is 12.1 Å². The molecule has 0 heterocycles. The maximum atomic E-state index is 11.7. The normalized spacial score (nSPS) is 11.9. The number of hydrogen-bond acceptors (Lipinski definition) is 4. The second-order valence-electron chi connectivity index (χ2n) is 3.70. The number of aliphatic carboxylic acids is 1. The molecule has 0 radical (unpaired) electrons. The molecule has 0 saturated heterocycles. The molecule has 18 heavy (non-hydrogen) atoms. The molecular formula is C12H15NO5. The van der Waals surface area contributed by atoms with Crippen LogP contribution in [0.2, 0.25) is 0 Å². The fraction of sp³-hybridized carbons (Fsp3) is 0.333. The first-order valence-corrected chi connectivity index (χ1v) is 5.31. The molecule has 0 aromatic heterocycles. The number of nitrogens with one attached hydrogen (secondary N) is 1. The van der Waals surface area contributed by atoms with Crippen LogP contribution in [0.1, 0.15) is 15.9 Å². The molecule has 1 unspecified atom stereocenters. The maximum absolute atomic E-state index is 11.7. The lowest BCUT2D eigenvalue weighted by atomic mass is 10.1. The SMILES string of the molecule is COCc1cccc(C(=O)NCC(O)C(=O)O)c1. The van der Waals surface area contributed by atoms with E-state index in [1.54, 1.807) is 25.3 Å². The van der Waals surface area contributed by atoms with Gasteiger partial charge in [-0.2, -0.15) is 0 Å². The van der Waals surface area contributed by atoms with E-state index < -0.39 is 18.0 Å². The smallest absolute Gasteiger partial charge is 0.334 e. The van der Waals surface area contributed by atoms with Crippen molar-refractivity contribution in [3.8, 4) is 0 Å². The first-order chi connectivity index (χ1) is 8.54. The van der Waals surface area contributed by atoms with E-state index in [1.807, 2.05) is 6.07 Å². The van der Waals surface area contributed by atoms with Crippen molar-refractivity contribution in [3.63, 3.8) is 0 Å². The summed E-state index contributed by atoms with van der Waals surface area (Å²) in [7, 11) is 1.55. The minimum Gasteiger partial charge on any atom is -0.479 e. The number of carbonyl (C=O) groups excluding carboxylic acids is 1. The third kappa shape index (κ3) is 4.15. The van der Waals surface area contributed by atoms with Crippen LogP contribution in [0.5, 0.6) is 0 Å². The van der Waals surface area contributed by atoms with Crippen LogP contribution >= 0.6 is 0 Å². The van der Waals surface area contributed by atoms with Gasteiger partial charge < -0.3 is 20.3 Å². The Morgan fingerprint density at radius 3 is 2.78 bits per heavy atom. The Hall–Kier alpha value is -1.92. The zero-order valence-corrected chi connectivity index (χ0v) is 9.92. The number of carbonyl (C=O) groups is 2. The Labute approximate surface area is 104 Å². The first-order valence-electron chi connectivity index (χ1n) is 5.31. The third-order valence-electron chi connectivity index (χ3n) is 2.24. The molecule has 0 aliphatic heterocycles. The van der Waals surface area contributed by atoms with Gasteiger partial charge in [-0.25, -0.2) is 4.79 Å². The Balaban J connectivity index is 2.61. The Bertz CT molecular complexity index is 432. The zero-order chi connectivity index (χ0) is 13.5. The highest BCUT2D eigenvalue weighted by atomic mass is 16.5. The van der Waals surface area contributed by atoms with Crippen LogP contribution in [0, 0.1) is 0 Å². The van der Waals surface area contributed by atoms with E-state index in [0.29, 0.717) is 12.2 Å². The van der Waals surface area contributed by atoms with Crippen LogP contribution in [0.4, 0.5) is 0 Å². The largest absolute Gasteiger partial charge is 0.479 e. The predicted octanol–water partition coefficient (Wildman–Crippen LogP) is 0.00830. The topological polar surface area (TPSA) is 95.9 Å². The highest BCUT2D eigenvalue weighted by Crippen LogP contribution is 2.06. The maximum Gasteiger partial charge on any atom is 0.334 e. The summed E-state index contributed by atoms with van der Waals surface area (Å²) in [5, 5.41) is 19.8. The number of carboxylic acids is 1. The second kappa shape index (κ2) is 6.73. The van der Waals surface area contributed by atoms with Gasteiger partial charge in [0.1, 0.15) is 0 Å². The molecule has 6 nitrogen and oxygen atoms in total. The van der Waals surface area contributed by atoms with Gasteiger partial charge in [0.25, 0.3) is 5.91 Å². The Kier molecular flexibility index (Phi) is 5.29. The average Bonchev–Trinajstić information content (AvgIpc) is 2.36. The van der Waals surface area contributed by atoms with E-state index in [4.69, 9.17) is 14.9 Å². The number of hydrogen-bond donors (Lipinski definition) is 3. The van der Waals surface area contributed by atoms with Crippen LogP contribution in [-0.2, 0) is 16.1 Å². The fourth-order valence-corrected chi connectivity index (χ4v) is 1.35. The van der Waals surface area contributed by atoms with Crippen LogP contribution in [0.25, 0.3) is 0 Å². The summed E-state index contributed by atoms with van der Waals surface area (Å²) in [5.41, 5.74) is 1.23. The third-order valence-corrected chi connectivity index (χ3v) is 2.24. The monoisotopic (exact) mass is 253 g/mol. The number of benzene rings is 1. The molecule has 1 aromatic carbocycles. The number of ether oxygens (including phenoxy) is 1. The quantitative estimate of drug-likeness (QED) is 0.663.